The van der Waals surface area contributed by atoms with E-state index >= 15 is 0 Å². The molecule has 1 aromatic carbocycles. The third kappa shape index (κ3) is 4.21. The summed E-state index contributed by atoms with van der Waals surface area (Å²) in [6.07, 6.45) is 7.75. The zero-order valence-corrected chi connectivity index (χ0v) is 14.8. The summed E-state index contributed by atoms with van der Waals surface area (Å²) < 4.78 is 14.5. The summed E-state index contributed by atoms with van der Waals surface area (Å²) in [4.78, 5) is 16.9. The average molecular weight is 381 g/mol. The zero-order valence-electron chi connectivity index (χ0n) is 13.2. The van der Waals surface area contributed by atoms with Crippen LogP contribution >= 0.6 is 15.9 Å². The summed E-state index contributed by atoms with van der Waals surface area (Å²) in [6.45, 7) is 4.09. The monoisotopic (exact) mass is 380 g/mol. The first-order chi connectivity index (χ1) is 11.1. The Hall–Kier alpha value is -1.20. The molecule has 0 N–H and O–H groups in total. The van der Waals surface area contributed by atoms with Crippen LogP contribution < -0.4 is 0 Å². The van der Waals surface area contributed by atoms with Gasteiger partial charge < -0.3 is 9.80 Å². The molecule has 0 aliphatic carbocycles. The molecule has 2 aliphatic rings. The van der Waals surface area contributed by atoms with Crippen LogP contribution in [0, 0.1) is 5.82 Å². The fraction of sp³-hybridized carbons (Fsp3) is 0.500. The minimum Gasteiger partial charge on any atom is -0.335 e. The van der Waals surface area contributed by atoms with Crippen molar-refractivity contribution in [3.63, 3.8) is 0 Å². The van der Waals surface area contributed by atoms with Gasteiger partial charge in [-0.05, 0) is 57.0 Å². The van der Waals surface area contributed by atoms with Gasteiger partial charge >= 0.3 is 0 Å². The number of hydrogen-bond donors (Lipinski definition) is 0. The van der Waals surface area contributed by atoms with Crippen LogP contribution in [0.15, 0.2) is 28.7 Å². The lowest BCUT2D eigenvalue weighted by molar-refractivity contribution is -0.127. The normalized spacial score (nSPS) is 22.3. The Labute approximate surface area is 145 Å². The van der Waals surface area contributed by atoms with E-state index < -0.39 is 0 Å². The molecule has 124 valence electrons. The topological polar surface area (TPSA) is 23.6 Å². The van der Waals surface area contributed by atoms with Gasteiger partial charge in [-0.3, -0.25) is 4.79 Å². The molecular formula is C18H22BrFN2O. The Morgan fingerprint density at radius 1 is 1.26 bits per heavy atom. The van der Waals surface area contributed by atoms with E-state index in [1.165, 1.54) is 25.0 Å². The molecule has 1 aromatic rings. The van der Waals surface area contributed by atoms with Crippen molar-refractivity contribution in [1.29, 1.82) is 0 Å². The summed E-state index contributed by atoms with van der Waals surface area (Å²) in [7, 11) is 0. The molecule has 3 nitrogen and oxygen atoms in total. The Morgan fingerprint density at radius 3 is 2.78 bits per heavy atom. The van der Waals surface area contributed by atoms with E-state index in [2.05, 4.69) is 20.8 Å². The van der Waals surface area contributed by atoms with Gasteiger partial charge in [0.25, 0.3) is 0 Å². The highest BCUT2D eigenvalue weighted by molar-refractivity contribution is 9.10. The molecule has 2 heterocycles. The molecule has 0 radical (unpaired) electrons. The standard InChI is InChI=1S/C18H22BrFN2O/c19-15-7-5-14(17(20)12-15)6-8-18(23)22-11-3-4-16(22)13-21-9-1-2-10-21/h5-8,12,16H,1-4,9-11,13H2/b8-6+. The highest BCUT2D eigenvalue weighted by atomic mass is 79.9. The van der Waals surface area contributed by atoms with Crippen LogP contribution in [0.25, 0.3) is 6.08 Å². The van der Waals surface area contributed by atoms with Crippen molar-refractivity contribution in [2.24, 2.45) is 0 Å². The van der Waals surface area contributed by atoms with Crippen LogP contribution in [-0.4, -0.2) is 47.9 Å². The van der Waals surface area contributed by atoms with Gasteiger partial charge in [-0.25, -0.2) is 4.39 Å². The van der Waals surface area contributed by atoms with Gasteiger partial charge in [0.05, 0.1) is 0 Å². The second kappa shape index (κ2) is 7.58. The maximum absolute atomic E-state index is 13.8. The van der Waals surface area contributed by atoms with Crippen LogP contribution in [0.2, 0.25) is 0 Å². The molecule has 1 amide bonds. The number of nitrogens with zero attached hydrogens (tertiary/aromatic N) is 2. The van der Waals surface area contributed by atoms with Crippen molar-refractivity contribution in [3.8, 4) is 0 Å². The maximum atomic E-state index is 13.8. The average Bonchev–Trinajstić information content (AvgIpc) is 3.18. The van der Waals surface area contributed by atoms with E-state index in [0.29, 0.717) is 16.1 Å². The summed E-state index contributed by atoms with van der Waals surface area (Å²) in [5.74, 6) is -0.326. The van der Waals surface area contributed by atoms with E-state index in [4.69, 9.17) is 0 Å². The van der Waals surface area contributed by atoms with Gasteiger partial charge in [-0.15, -0.1) is 0 Å². The molecule has 0 aromatic heterocycles. The summed E-state index contributed by atoms with van der Waals surface area (Å²) in [5, 5.41) is 0. The molecule has 0 saturated carbocycles. The van der Waals surface area contributed by atoms with Gasteiger partial charge in [0.2, 0.25) is 5.91 Å². The smallest absolute Gasteiger partial charge is 0.246 e. The number of likely N-dealkylation sites (tertiary alicyclic amines) is 2. The maximum Gasteiger partial charge on any atom is 0.246 e. The Morgan fingerprint density at radius 2 is 2.04 bits per heavy atom. The number of carbonyl (C=O) groups excluding carboxylic acids is 1. The van der Waals surface area contributed by atoms with Crippen molar-refractivity contribution in [3.05, 3.63) is 40.1 Å². The van der Waals surface area contributed by atoms with Gasteiger partial charge in [0.1, 0.15) is 5.82 Å². The molecule has 0 spiro atoms. The van der Waals surface area contributed by atoms with Gasteiger partial charge in [-0.2, -0.15) is 0 Å². The van der Waals surface area contributed by atoms with E-state index in [1.807, 2.05) is 4.90 Å². The third-order valence-electron chi connectivity index (χ3n) is 4.70. The molecule has 5 heteroatoms. The highest BCUT2D eigenvalue weighted by Crippen LogP contribution is 2.21. The van der Waals surface area contributed by atoms with Crippen molar-refractivity contribution < 1.29 is 9.18 Å². The summed E-state index contributed by atoms with van der Waals surface area (Å²) >= 11 is 3.24. The minimum atomic E-state index is -0.321. The lowest BCUT2D eigenvalue weighted by Gasteiger charge is -2.27. The quantitative estimate of drug-likeness (QED) is 0.743. The fourth-order valence-corrected chi connectivity index (χ4v) is 3.81. The van der Waals surface area contributed by atoms with E-state index in [1.54, 1.807) is 18.2 Å². The number of benzene rings is 1. The van der Waals surface area contributed by atoms with Crippen molar-refractivity contribution in [2.75, 3.05) is 26.2 Å². The predicted molar refractivity (Wildman–Crippen MR) is 93.5 cm³/mol. The molecule has 2 aliphatic heterocycles. The second-order valence-electron chi connectivity index (χ2n) is 6.33. The van der Waals surface area contributed by atoms with Crippen molar-refractivity contribution in [1.82, 2.24) is 9.80 Å². The van der Waals surface area contributed by atoms with Crippen LogP contribution in [-0.2, 0) is 4.79 Å². The number of carbonyl (C=O) groups is 1. The minimum absolute atomic E-state index is 0.00554. The first-order valence-electron chi connectivity index (χ1n) is 8.29. The molecule has 1 atom stereocenters. The third-order valence-corrected chi connectivity index (χ3v) is 5.19. The second-order valence-corrected chi connectivity index (χ2v) is 7.25. The molecular weight excluding hydrogens is 359 g/mol. The largest absolute Gasteiger partial charge is 0.335 e. The summed E-state index contributed by atoms with van der Waals surface area (Å²) in [6, 6.07) is 5.17. The molecule has 2 saturated heterocycles. The Balaban J connectivity index is 1.63. The van der Waals surface area contributed by atoms with Crippen molar-refractivity contribution >= 4 is 27.9 Å². The molecule has 0 bridgehead atoms. The predicted octanol–water partition coefficient (Wildman–Crippen LogP) is 3.69. The first-order valence-corrected chi connectivity index (χ1v) is 9.09. The summed E-state index contributed by atoms with van der Waals surface area (Å²) in [5.41, 5.74) is 0.442. The number of amides is 1. The Bertz CT molecular complexity index is 599. The first kappa shape index (κ1) is 16.7. The molecule has 23 heavy (non-hydrogen) atoms. The van der Waals surface area contributed by atoms with Gasteiger partial charge in [0.15, 0.2) is 0 Å². The van der Waals surface area contributed by atoms with Crippen LogP contribution in [0.1, 0.15) is 31.2 Å². The van der Waals surface area contributed by atoms with E-state index in [-0.39, 0.29) is 11.7 Å². The molecule has 2 fully saturated rings. The zero-order chi connectivity index (χ0) is 16.2. The lowest BCUT2D eigenvalue weighted by Crippen LogP contribution is -2.41. The number of hydrogen-bond acceptors (Lipinski definition) is 2. The number of halogens is 2. The van der Waals surface area contributed by atoms with Crippen LogP contribution in [0.3, 0.4) is 0 Å². The highest BCUT2D eigenvalue weighted by Gasteiger charge is 2.29. The Kier molecular flexibility index (Phi) is 5.49. The van der Waals surface area contributed by atoms with Crippen LogP contribution in [0.4, 0.5) is 4.39 Å². The number of rotatable bonds is 4. The van der Waals surface area contributed by atoms with E-state index in [9.17, 15) is 9.18 Å². The van der Waals surface area contributed by atoms with E-state index in [0.717, 1.165) is 39.0 Å². The van der Waals surface area contributed by atoms with Crippen LogP contribution in [0.5, 0.6) is 0 Å². The van der Waals surface area contributed by atoms with Gasteiger partial charge in [0, 0.05) is 35.2 Å². The molecule has 1 unspecified atom stereocenters. The lowest BCUT2D eigenvalue weighted by atomic mass is 10.2. The molecule has 3 rings (SSSR count). The SMILES string of the molecule is O=C(/C=C/c1ccc(Br)cc1F)N1CCCC1CN1CCCC1. The van der Waals surface area contributed by atoms with Crippen molar-refractivity contribution in [2.45, 2.75) is 31.7 Å². The van der Waals surface area contributed by atoms with Gasteiger partial charge in [-0.1, -0.05) is 22.0 Å². The fourth-order valence-electron chi connectivity index (χ4n) is 3.47.